The maximum atomic E-state index is 13.0. The predicted octanol–water partition coefficient (Wildman–Crippen LogP) is 4.25. The van der Waals surface area contributed by atoms with Crippen LogP contribution in [0.25, 0.3) is 0 Å². The Morgan fingerprint density at radius 2 is 1.97 bits per heavy atom. The minimum atomic E-state index is -0.629. The van der Waals surface area contributed by atoms with E-state index >= 15 is 0 Å². The Morgan fingerprint density at radius 3 is 2.65 bits per heavy atom. The summed E-state index contributed by atoms with van der Waals surface area (Å²) in [6.07, 6.45) is 3.67. The summed E-state index contributed by atoms with van der Waals surface area (Å²) >= 11 is 0. The van der Waals surface area contributed by atoms with Crippen molar-refractivity contribution in [3.63, 3.8) is 0 Å². The Morgan fingerprint density at radius 1 is 1.18 bits per heavy atom. The maximum Gasteiger partial charge on any atom is 0.286 e. The number of hydrogen-bond acceptors (Lipinski definition) is 7. The second-order valence-electron chi connectivity index (χ2n) is 7.84. The number of hydrogen-bond donors (Lipinski definition) is 1. The van der Waals surface area contributed by atoms with Gasteiger partial charge in [0.1, 0.15) is 18.0 Å². The third-order valence-corrected chi connectivity index (χ3v) is 5.07. The molecule has 0 aliphatic heterocycles. The lowest BCUT2D eigenvalue weighted by Gasteiger charge is -2.14. The van der Waals surface area contributed by atoms with Gasteiger partial charge in [0.05, 0.1) is 24.7 Å². The Labute approximate surface area is 197 Å². The highest BCUT2D eigenvalue weighted by atomic mass is 16.6. The van der Waals surface area contributed by atoms with Crippen molar-refractivity contribution in [2.45, 2.75) is 26.3 Å². The van der Waals surface area contributed by atoms with Gasteiger partial charge in [0, 0.05) is 43.7 Å². The molecule has 1 aromatic heterocycles. The van der Waals surface area contributed by atoms with Crippen LogP contribution in [0.1, 0.15) is 41.5 Å². The molecule has 10 heteroatoms. The van der Waals surface area contributed by atoms with Crippen LogP contribution in [0.4, 0.5) is 11.4 Å². The Bertz CT molecular complexity index is 1160. The summed E-state index contributed by atoms with van der Waals surface area (Å²) in [6, 6.07) is 9.81. The van der Waals surface area contributed by atoms with E-state index in [0.29, 0.717) is 18.8 Å². The number of nitro groups is 1. The van der Waals surface area contributed by atoms with Gasteiger partial charge >= 0.3 is 0 Å². The topological polar surface area (TPSA) is 118 Å². The highest BCUT2D eigenvalue weighted by Gasteiger charge is 2.25. The summed E-state index contributed by atoms with van der Waals surface area (Å²) in [5.74, 6) is 0.976. The minimum Gasteiger partial charge on any atom is -0.493 e. The fourth-order valence-electron chi connectivity index (χ4n) is 3.49. The van der Waals surface area contributed by atoms with E-state index in [0.717, 1.165) is 11.4 Å². The molecule has 0 fully saturated rings. The van der Waals surface area contributed by atoms with Gasteiger partial charge in [-0.2, -0.15) is 0 Å². The lowest BCUT2D eigenvalue weighted by atomic mass is 10.1. The molecule has 0 aliphatic carbocycles. The molecule has 3 aromatic rings. The first-order chi connectivity index (χ1) is 16.3. The highest BCUT2D eigenvalue weighted by Crippen LogP contribution is 2.35. The summed E-state index contributed by atoms with van der Waals surface area (Å²) in [6.45, 7) is 5.21. The molecule has 1 N–H and O–H groups in total. The van der Waals surface area contributed by atoms with Crippen molar-refractivity contribution >= 4 is 17.3 Å². The first kappa shape index (κ1) is 24.7. The number of amides is 1. The van der Waals surface area contributed by atoms with Crippen molar-refractivity contribution in [2.24, 2.45) is 0 Å². The summed E-state index contributed by atoms with van der Waals surface area (Å²) in [7, 11) is 2.92. The molecule has 1 heterocycles. The van der Waals surface area contributed by atoms with Crippen LogP contribution in [0.2, 0.25) is 0 Å². The number of ether oxygens (including phenoxy) is 3. The first-order valence-electron chi connectivity index (χ1n) is 10.7. The Hall–Kier alpha value is -3.92. The molecule has 0 radical (unpaired) electrons. The number of benzene rings is 2. The number of nitro benzene ring substituents is 1. The third-order valence-electron chi connectivity index (χ3n) is 5.07. The van der Waals surface area contributed by atoms with Crippen LogP contribution < -0.4 is 14.8 Å². The standard InChI is InChI=1S/C24H28N4O6/c1-16(2)23-25-8-9-27(23)15-17-6-5-7-18(12-17)26-24(29)19-13-21(33-4)22(34-11-10-32-3)14-20(19)28(30)31/h5-9,12-14,16H,10-11,15H2,1-4H3,(H,26,29). The number of imidazole rings is 1. The number of aromatic nitrogens is 2. The predicted molar refractivity (Wildman–Crippen MR) is 127 cm³/mol. The summed E-state index contributed by atoms with van der Waals surface area (Å²) in [4.78, 5) is 28.4. The van der Waals surface area contributed by atoms with Crippen molar-refractivity contribution in [2.75, 3.05) is 32.8 Å². The van der Waals surface area contributed by atoms with Gasteiger partial charge < -0.3 is 24.1 Å². The van der Waals surface area contributed by atoms with Gasteiger partial charge in [-0.25, -0.2) is 4.98 Å². The molecule has 0 aliphatic rings. The molecule has 2 aromatic carbocycles. The molecule has 3 rings (SSSR count). The molecule has 0 bridgehead atoms. The van der Waals surface area contributed by atoms with E-state index in [-0.39, 0.29) is 35.3 Å². The fourth-order valence-corrected chi connectivity index (χ4v) is 3.49. The van der Waals surface area contributed by atoms with Crippen molar-refractivity contribution in [3.8, 4) is 11.5 Å². The molecule has 34 heavy (non-hydrogen) atoms. The van der Waals surface area contributed by atoms with Gasteiger partial charge in [-0.05, 0) is 17.7 Å². The number of nitrogens with one attached hydrogen (secondary N) is 1. The van der Waals surface area contributed by atoms with Crippen LogP contribution in [0, 0.1) is 10.1 Å². The SMILES string of the molecule is COCCOc1cc([N+](=O)[O-])c(C(=O)Nc2cccc(Cn3ccnc3C(C)C)c2)cc1OC. The van der Waals surface area contributed by atoms with Gasteiger partial charge in [-0.1, -0.05) is 26.0 Å². The quantitative estimate of drug-likeness (QED) is 0.254. The van der Waals surface area contributed by atoms with Gasteiger partial charge in [0.15, 0.2) is 11.5 Å². The Balaban J connectivity index is 1.84. The number of carbonyl (C=O) groups is 1. The van der Waals surface area contributed by atoms with Crippen molar-refractivity contribution in [1.82, 2.24) is 9.55 Å². The monoisotopic (exact) mass is 468 g/mol. The fraction of sp³-hybridized carbons (Fsp3) is 0.333. The second kappa shape index (κ2) is 11.3. The van der Waals surface area contributed by atoms with Gasteiger partial charge in [-0.3, -0.25) is 14.9 Å². The second-order valence-corrected chi connectivity index (χ2v) is 7.84. The summed E-state index contributed by atoms with van der Waals surface area (Å²) in [5.41, 5.74) is 0.943. The van der Waals surface area contributed by atoms with Gasteiger partial charge in [-0.15, -0.1) is 0 Å². The maximum absolute atomic E-state index is 13.0. The van der Waals surface area contributed by atoms with E-state index in [4.69, 9.17) is 14.2 Å². The van der Waals surface area contributed by atoms with E-state index < -0.39 is 10.8 Å². The van der Waals surface area contributed by atoms with Gasteiger partial charge in [0.2, 0.25) is 0 Å². The lowest BCUT2D eigenvalue weighted by Crippen LogP contribution is -2.15. The number of nitrogens with zero attached hydrogens (tertiary/aromatic N) is 3. The molecular formula is C24H28N4O6. The van der Waals surface area contributed by atoms with Gasteiger partial charge in [0.25, 0.3) is 11.6 Å². The van der Waals surface area contributed by atoms with Crippen LogP contribution in [0.5, 0.6) is 11.5 Å². The van der Waals surface area contributed by atoms with E-state index in [9.17, 15) is 14.9 Å². The molecule has 0 unspecified atom stereocenters. The summed E-state index contributed by atoms with van der Waals surface area (Å²) in [5, 5.41) is 14.4. The number of rotatable bonds is 11. The smallest absolute Gasteiger partial charge is 0.286 e. The average molecular weight is 469 g/mol. The van der Waals surface area contributed by atoms with Crippen LogP contribution in [-0.2, 0) is 11.3 Å². The average Bonchev–Trinajstić information content (AvgIpc) is 3.27. The lowest BCUT2D eigenvalue weighted by molar-refractivity contribution is -0.385. The largest absolute Gasteiger partial charge is 0.493 e. The van der Waals surface area contributed by atoms with Crippen LogP contribution in [-0.4, -0.2) is 47.8 Å². The van der Waals surface area contributed by atoms with Crippen molar-refractivity contribution < 1.29 is 23.9 Å². The zero-order valence-electron chi connectivity index (χ0n) is 19.6. The van der Waals surface area contributed by atoms with E-state index in [2.05, 4.69) is 24.1 Å². The van der Waals surface area contributed by atoms with Crippen molar-refractivity contribution in [1.29, 1.82) is 0 Å². The molecule has 0 atom stereocenters. The zero-order valence-corrected chi connectivity index (χ0v) is 19.6. The van der Waals surface area contributed by atoms with E-state index in [1.807, 2.05) is 29.0 Å². The minimum absolute atomic E-state index is 0.136. The molecule has 0 saturated heterocycles. The normalized spacial score (nSPS) is 10.9. The zero-order chi connectivity index (χ0) is 24.7. The van der Waals surface area contributed by atoms with Crippen LogP contribution in [0.15, 0.2) is 48.8 Å². The number of carbonyl (C=O) groups excluding carboxylic acids is 1. The molecule has 10 nitrogen and oxygen atoms in total. The van der Waals surface area contributed by atoms with E-state index in [1.54, 1.807) is 12.3 Å². The number of methoxy groups -OCH3 is 2. The first-order valence-corrected chi connectivity index (χ1v) is 10.7. The Kier molecular flexibility index (Phi) is 8.20. The molecule has 1 amide bonds. The van der Waals surface area contributed by atoms with E-state index in [1.165, 1.54) is 26.4 Å². The van der Waals surface area contributed by atoms with Crippen LogP contribution >= 0.6 is 0 Å². The van der Waals surface area contributed by atoms with Crippen molar-refractivity contribution in [3.05, 3.63) is 75.9 Å². The number of anilines is 1. The third kappa shape index (κ3) is 5.90. The molecule has 180 valence electrons. The molecular weight excluding hydrogens is 440 g/mol. The highest BCUT2D eigenvalue weighted by molar-refractivity contribution is 6.07. The summed E-state index contributed by atoms with van der Waals surface area (Å²) < 4.78 is 17.8. The molecule has 0 saturated carbocycles. The van der Waals surface area contributed by atoms with Crippen LogP contribution in [0.3, 0.4) is 0 Å². The molecule has 0 spiro atoms.